The average Bonchev–Trinajstić information content (AvgIpc) is 2.99. The van der Waals surface area contributed by atoms with Crippen LogP contribution in [0.2, 0.25) is 0 Å². The van der Waals surface area contributed by atoms with Gasteiger partial charge in [0.2, 0.25) is 5.91 Å². The van der Waals surface area contributed by atoms with Crippen LogP contribution in [0.3, 0.4) is 0 Å². The Balaban J connectivity index is 0.00000147. The standard InChI is InChI=1S/C16H28N2O.ClH/c17-15-3-1-2-12(8-15)10-18-16(19)9-14-7-11-4-5-13(14)6-11;/h11-15H,1-10,17H2,(H,18,19);1H. The molecule has 1 amide bonds. The lowest BCUT2D eigenvalue weighted by Crippen LogP contribution is -2.36. The van der Waals surface area contributed by atoms with E-state index in [1.807, 2.05) is 0 Å². The Labute approximate surface area is 128 Å². The highest BCUT2D eigenvalue weighted by atomic mass is 35.5. The van der Waals surface area contributed by atoms with Crippen molar-refractivity contribution in [2.45, 2.75) is 63.8 Å². The van der Waals surface area contributed by atoms with Gasteiger partial charge in [0, 0.05) is 19.0 Å². The second-order valence-electron chi connectivity index (χ2n) is 7.24. The van der Waals surface area contributed by atoms with Crippen molar-refractivity contribution in [2.24, 2.45) is 29.4 Å². The number of carbonyl (C=O) groups excluding carboxylic acids is 1. The van der Waals surface area contributed by atoms with Gasteiger partial charge in [0.1, 0.15) is 0 Å². The summed E-state index contributed by atoms with van der Waals surface area (Å²) in [5, 5.41) is 3.16. The quantitative estimate of drug-likeness (QED) is 0.839. The lowest BCUT2D eigenvalue weighted by Gasteiger charge is -2.27. The van der Waals surface area contributed by atoms with E-state index in [0.29, 0.717) is 17.9 Å². The van der Waals surface area contributed by atoms with Crippen LogP contribution in [-0.2, 0) is 4.79 Å². The second-order valence-corrected chi connectivity index (χ2v) is 7.24. The monoisotopic (exact) mass is 300 g/mol. The van der Waals surface area contributed by atoms with E-state index < -0.39 is 0 Å². The number of nitrogens with one attached hydrogen (secondary N) is 1. The van der Waals surface area contributed by atoms with Gasteiger partial charge >= 0.3 is 0 Å². The molecular weight excluding hydrogens is 272 g/mol. The molecule has 3 fully saturated rings. The molecule has 116 valence electrons. The lowest BCUT2D eigenvalue weighted by atomic mass is 9.85. The summed E-state index contributed by atoms with van der Waals surface area (Å²) in [5.41, 5.74) is 5.99. The molecule has 0 saturated heterocycles. The molecule has 5 unspecified atom stereocenters. The number of amides is 1. The number of halogens is 1. The highest BCUT2D eigenvalue weighted by Crippen LogP contribution is 2.49. The summed E-state index contributed by atoms with van der Waals surface area (Å²) < 4.78 is 0. The predicted octanol–water partition coefficient (Wildman–Crippen LogP) is 2.87. The van der Waals surface area contributed by atoms with E-state index in [0.717, 1.165) is 37.6 Å². The first-order valence-electron chi connectivity index (χ1n) is 8.23. The molecule has 0 aromatic carbocycles. The van der Waals surface area contributed by atoms with E-state index in [4.69, 9.17) is 5.73 Å². The van der Waals surface area contributed by atoms with Gasteiger partial charge in [-0.15, -0.1) is 12.4 Å². The van der Waals surface area contributed by atoms with Crippen LogP contribution in [0, 0.1) is 23.7 Å². The molecule has 0 spiro atoms. The molecule has 2 bridgehead atoms. The van der Waals surface area contributed by atoms with Gasteiger partial charge in [0.15, 0.2) is 0 Å². The molecule has 20 heavy (non-hydrogen) atoms. The van der Waals surface area contributed by atoms with Crippen LogP contribution in [0.5, 0.6) is 0 Å². The Morgan fingerprint density at radius 2 is 1.95 bits per heavy atom. The van der Waals surface area contributed by atoms with Crippen LogP contribution in [0.15, 0.2) is 0 Å². The third-order valence-corrected chi connectivity index (χ3v) is 5.74. The number of hydrogen-bond acceptors (Lipinski definition) is 2. The zero-order valence-corrected chi connectivity index (χ0v) is 13.2. The van der Waals surface area contributed by atoms with Crippen molar-refractivity contribution in [3.63, 3.8) is 0 Å². The number of rotatable bonds is 4. The van der Waals surface area contributed by atoms with E-state index in [2.05, 4.69) is 5.32 Å². The first kappa shape index (κ1) is 16.1. The summed E-state index contributed by atoms with van der Waals surface area (Å²) in [7, 11) is 0. The molecule has 0 heterocycles. The van der Waals surface area contributed by atoms with Crippen molar-refractivity contribution in [3.8, 4) is 0 Å². The minimum Gasteiger partial charge on any atom is -0.356 e. The third-order valence-electron chi connectivity index (χ3n) is 5.74. The summed E-state index contributed by atoms with van der Waals surface area (Å²) >= 11 is 0. The maximum Gasteiger partial charge on any atom is 0.220 e. The van der Waals surface area contributed by atoms with Crippen molar-refractivity contribution >= 4 is 18.3 Å². The molecule has 0 radical (unpaired) electrons. The number of carbonyl (C=O) groups is 1. The van der Waals surface area contributed by atoms with Crippen LogP contribution in [0.25, 0.3) is 0 Å². The highest BCUT2D eigenvalue weighted by molar-refractivity contribution is 5.85. The van der Waals surface area contributed by atoms with Crippen molar-refractivity contribution < 1.29 is 4.79 Å². The van der Waals surface area contributed by atoms with Gasteiger partial charge < -0.3 is 11.1 Å². The molecule has 3 rings (SSSR count). The smallest absolute Gasteiger partial charge is 0.220 e. The van der Waals surface area contributed by atoms with Crippen LogP contribution in [-0.4, -0.2) is 18.5 Å². The van der Waals surface area contributed by atoms with Gasteiger partial charge in [-0.1, -0.05) is 12.8 Å². The zero-order chi connectivity index (χ0) is 13.2. The summed E-state index contributed by atoms with van der Waals surface area (Å²) in [6, 6.07) is 0.362. The second kappa shape index (κ2) is 7.13. The first-order valence-corrected chi connectivity index (χ1v) is 8.23. The molecule has 3 aliphatic rings. The fraction of sp³-hybridized carbons (Fsp3) is 0.938. The summed E-state index contributed by atoms with van der Waals surface area (Å²) in [5.74, 6) is 3.40. The van der Waals surface area contributed by atoms with Gasteiger partial charge in [-0.2, -0.15) is 0 Å². The maximum atomic E-state index is 12.1. The molecule has 0 aromatic heterocycles. The van der Waals surface area contributed by atoms with Crippen molar-refractivity contribution in [1.82, 2.24) is 5.32 Å². The van der Waals surface area contributed by atoms with E-state index in [1.54, 1.807) is 0 Å². The fourth-order valence-corrected chi connectivity index (χ4v) is 4.71. The number of hydrogen-bond donors (Lipinski definition) is 2. The van der Waals surface area contributed by atoms with Gasteiger partial charge in [-0.05, 0) is 62.2 Å². The molecule has 3 N–H and O–H groups in total. The van der Waals surface area contributed by atoms with E-state index >= 15 is 0 Å². The topological polar surface area (TPSA) is 55.1 Å². The highest BCUT2D eigenvalue weighted by Gasteiger charge is 2.40. The molecule has 0 aliphatic heterocycles. The molecule has 3 saturated carbocycles. The Bertz CT molecular complexity index is 336. The minimum absolute atomic E-state index is 0. The van der Waals surface area contributed by atoms with Crippen molar-refractivity contribution in [2.75, 3.05) is 6.54 Å². The zero-order valence-electron chi connectivity index (χ0n) is 12.4. The van der Waals surface area contributed by atoms with Crippen LogP contribution in [0.4, 0.5) is 0 Å². The fourth-order valence-electron chi connectivity index (χ4n) is 4.71. The van der Waals surface area contributed by atoms with Crippen molar-refractivity contribution in [1.29, 1.82) is 0 Å². The van der Waals surface area contributed by atoms with Crippen LogP contribution < -0.4 is 11.1 Å². The van der Waals surface area contributed by atoms with Crippen molar-refractivity contribution in [3.05, 3.63) is 0 Å². The van der Waals surface area contributed by atoms with E-state index in [-0.39, 0.29) is 18.3 Å². The summed E-state index contributed by atoms with van der Waals surface area (Å²) in [4.78, 5) is 12.1. The van der Waals surface area contributed by atoms with Gasteiger partial charge in [-0.25, -0.2) is 0 Å². The van der Waals surface area contributed by atoms with Gasteiger partial charge in [0.05, 0.1) is 0 Å². The third kappa shape index (κ3) is 3.88. The Morgan fingerprint density at radius 1 is 1.10 bits per heavy atom. The summed E-state index contributed by atoms with van der Waals surface area (Å²) in [6.45, 7) is 0.855. The Morgan fingerprint density at radius 3 is 2.60 bits per heavy atom. The van der Waals surface area contributed by atoms with Crippen LogP contribution in [0.1, 0.15) is 57.8 Å². The van der Waals surface area contributed by atoms with E-state index in [9.17, 15) is 4.79 Å². The molecule has 4 heteroatoms. The summed E-state index contributed by atoms with van der Waals surface area (Å²) in [6.07, 6.45) is 11.0. The average molecular weight is 301 g/mol. The first-order chi connectivity index (χ1) is 9.20. The lowest BCUT2D eigenvalue weighted by molar-refractivity contribution is -0.122. The predicted molar refractivity (Wildman–Crippen MR) is 83.7 cm³/mol. The minimum atomic E-state index is 0. The molecule has 3 aliphatic carbocycles. The van der Waals surface area contributed by atoms with Crippen LogP contribution >= 0.6 is 12.4 Å². The Hall–Kier alpha value is -0.280. The normalized spacial score (nSPS) is 39.4. The number of nitrogens with two attached hydrogens (primary N) is 1. The van der Waals surface area contributed by atoms with Gasteiger partial charge in [0.25, 0.3) is 0 Å². The molecular formula is C16H29ClN2O. The number of fused-ring (bicyclic) bond motifs is 2. The SMILES string of the molecule is Cl.NC1CCCC(CNC(=O)CC2CC3CCC2C3)C1. The molecule has 5 atom stereocenters. The Kier molecular flexibility index (Phi) is 5.74. The molecule has 0 aromatic rings. The largest absolute Gasteiger partial charge is 0.356 e. The molecule has 3 nitrogen and oxygen atoms in total. The van der Waals surface area contributed by atoms with Gasteiger partial charge in [-0.3, -0.25) is 4.79 Å². The van der Waals surface area contributed by atoms with E-state index in [1.165, 1.54) is 38.5 Å². The maximum absolute atomic E-state index is 12.1.